The van der Waals surface area contributed by atoms with Gasteiger partial charge in [0.1, 0.15) is 0 Å². The van der Waals surface area contributed by atoms with Gasteiger partial charge in [0.05, 0.1) is 10.6 Å². The fourth-order valence-corrected chi connectivity index (χ4v) is 1.98. The Morgan fingerprint density at radius 2 is 2.24 bits per heavy atom. The lowest BCUT2D eigenvalue weighted by Crippen LogP contribution is -2.12. The zero-order valence-electron chi connectivity index (χ0n) is 9.00. The molecule has 0 aromatic heterocycles. The highest BCUT2D eigenvalue weighted by molar-refractivity contribution is 9.10. The Kier molecular flexibility index (Phi) is 4.89. The molecule has 0 saturated carbocycles. The summed E-state index contributed by atoms with van der Waals surface area (Å²) < 4.78 is 0.600. The molecule has 0 fully saturated rings. The van der Waals surface area contributed by atoms with E-state index < -0.39 is 4.92 Å². The van der Waals surface area contributed by atoms with E-state index in [1.54, 1.807) is 13.0 Å². The van der Waals surface area contributed by atoms with Crippen LogP contribution in [-0.2, 0) is 4.79 Å². The van der Waals surface area contributed by atoms with Crippen LogP contribution in [0.4, 0.5) is 11.4 Å². The third-order valence-electron chi connectivity index (χ3n) is 2.08. The Morgan fingerprint density at radius 1 is 1.59 bits per heavy atom. The van der Waals surface area contributed by atoms with Crippen molar-refractivity contribution in [2.24, 2.45) is 0 Å². The van der Waals surface area contributed by atoms with Crippen LogP contribution in [0.15, 0.2) is 16.6 Å². The third kappa shape index (κ3) is 3.67. The molecule has 0 heterocycles. The lowest BCUT2D eigenvalue weighted by molar-refractivity contribution is -0.385. The average molecular weight is 322 g/mol. The number of rotatable bonds is 4. The highest BCUT2D eigenvalue weighted by atomic mass is 79.9. The van der Waals surface area contributed by atoms with E-state index in [-0.39, 0.29) is 23.9 Å². The number of nitro benzene ring substituents is 1. The summed E-state index contributed by atoms with van der Waals surface area (Å²) in [6, 6.07) is 2.92. The summed E-state index contributed by atoms with van der Waals surface area (Å²) in [6.07, 6.45) is 0.162. The highest BCUT2D eigenvalue weighted by Crippen LogP contribution is 2.30. The van der Waals surface area contributed by atoms with Gasteiger partial charge in [-0.05, 0) is 28.9 Å². The van der Waals surface area contributed by atoms with Gasteiger partial charge >= 0.3 is 0 Å². The van der Waals surface area contributed by atoms with E-state index in [9.17, 15) is 14.9 Å². The summed E-state index contributed by atoms with van der Waals surface area (Å²) >= 11 is 8.67. The molecule has 1 rings (SSSR count). The molecule has 0 aliphatic carbocycles. The Labute approximate surface area is 111 Å². The summed E-state index contributed by atoms with van der Waals surface area (Å²) in [5.41, 5.74) is 0.865. The number of nitrogens with zero attached hydrogens (tertiary/aromatic N) is 1. The molecule has 0 bridgehead atoms. The molecular weight excluding hydrogens is 311 g/mol. The molecule has 0 radical (unpaired) electrons. The zero-order valence-corrected chi connectivity index (χ0v) is 11.3. The Balaban J connectivity index is 3.03. The minimum Gasteiger partial charge on any atom is -0.325 e. The minimum atomic E-state index is -0.487. The molecule has 17 heavy (non-hydrogen) atoms. The highest BCUT2D eigenvalue weighted by Gasteiger charge is 2.15. The predicted octanol–water partition coefficient (Wildman–Crippen LogP) is 3.23. The van der Waals surface area contributed by atoms with Crippen molar-refractivity contribution in [2.75, 3.05) is 11.2 Å². The molecule has 0 saturated heterocycles. The van der Waals surface area contributed by atoms with Crippen LogP contribution >= 0.6 is 27.5 Å². The van der Waals surface area contributed by atoms with Gasteiger partial charge in [-0.15, -0.1) is 11.6 Å². The molecular formula is C10H10BrClN2O3. The molecule has 1 aromatic carbocycles. The molecule has 7 heteroatoms. The number of halogens is 2. The molecule has 0 atom stereocenters. The largest absolute Gasteiger partial charge is 0.325 e. The number of nitro groups is 1. The van der Waals surface area contributed by atoms with Gasteiger partial charge in [-0.3, -0.25) is 14.9 Å². The summed E-state index contributed by atoms with van der Waals surface area (Å²) in [5, 5.41) is 13.3. The quantitative estimate of drug-likeness (QED) is 0.525. The molecule has 1 amide bonds. The first-order valence-electron chi connectivity index (χ1n) is 4.76. The number of nitrogens with one attached hydrogen (secondary N) is 1. The van der Waals surface area contributed by atoms with Crippen molar-refractivity contribution < 1.29 is 9.72 Å². The predicted molar refractivity (Wildman–Crippen MR) is 69.5 cm³/mol. The van der Waals surface area contributed by atoms with Crippen molar-refractivity contribution in [2.45, 2.75) is 13.3 Å². The number of carbonyl (C=O) groups is 1. The van der Waals surface area contributed by atoms with Crippen LogP contribution in [-0.4, -0.2) is 16.7 Å². The van der Waals surface area contributed by atoms with Crippen molar-refractivity contribution in [3.63, 3.8) is 0 Å². The third-order valence-corrected chi connectivity index (χ3v) is 2.92. The van der Waals surface area contributed by atoms with Crippen LogP contribution in [0.1, 0.15) is 12.0 Å². The minimum absolute atomic E-state index is 0.0330. The van der Waals surface area contributed by atoms with Crippen LogP contribution < -0.4 is 5.32 Å². The van der Waals surface area contributed by atoms with E-state index in [4.69, 9.17) is 11.6 Å². The SMILES string of the molecule is Cc1cc(Br)c(NC(=O)CCCl)cc1[N+](=O)[O-]. The van der Waals surface area contributed by atoms with E-state index in [0.29, 0.717) is 15.7 Å². The fourth-order valence-electron chi connectivity index (χ4n) is 1.25. The van der Waals surface area contributed by atoms with Gasteiger partial charge in [0, 0.05) is 28.4 Å². The van der Waals surface area contributed by atoms with E-state index in [1.165, 1.54) is 6.07 Å². The Bertz CT molecular complexity index is 465. The Hall–Kier alpha value is -1.14. The first-order chi connectivity index (χ1) is 7.95. The van der Waals surface area contributed by atoms with E-state index in [1.807, 2.05) is 0 Å². The van der Waals surface area contributed by atoms with Crippen LogP contribution in [0.25, 0.3) is 0 Å². The monoisotopic (exact) mass is 320 g/mol. The van der Waals surface area contributed by atoms with Crippen LogP contribution in [0.2, 0.25) is 0 Å². The van der Waals surface area contributed by atoms with Gasteiger partial charge in [0.25, 0.3) is 5.69 Å². The molecule has 1 aromatic rings. The summed E-state index contributed by atoms with van der Waals surface area (Å²) in [6.45, 7) is 1.63. The fraction of sp³-hybridized carbons (Fsp3) is 0.300. The second-order valence-electron chi connectivity index (χ2n) is 3.36. The lowest BCUT2D eigenvalue weighted by atomic mass is 10.2. The van der Waals surface area contributed by atoms with Gasteiger partial charge < -0.3 is 5.32 Å². The van der Waals surface area contributed by atoms with E-state index >= 15 is 0 Å². The number of benzene rings is 1. The maximum atomic E-state index is 11.3. The Morgan fingerprint density at radius 3 is 2.76 bits per heavy atom. The van der Waals surface area contributed by atoms with E-state index in [0.717, 1.165) is 0 Å². The van der Waals surface area contributed by atoms with Gasteiger partial charge in [-0.2, -0.15) is 0 Å². The van der Waals surface area contributed by atoms with Gasteiger partial charge in [0.2, 0.25) is 5.91 Å². The molecule has 0 unspecified atom stereocenters. The van der Waals surface area contributed by atoms with Crippen molar-refractivity contribution >= 4 is 44.8 Å². The molecule has 92 valence electrons. The lowest BCUT2D eigenvalue weighted by Gasteiger charge is -2.07. The first kappa shape index (κ1) is 13.9. The van der Waals surface area contributed by atoms with Gasteiger partial charge in [0.15, 0.2) is 0 Å². The maximum absolute atomic E-state index is 11.3. The summed E-state index contributed by atoms with van der Waals surface area (Å²) in [7, 11) is 0. The normalized spacial score (nSPS) is 10.1. The van der Waals surface area contributed by atoms with Crippen LogP contribution in [0, 0.1) is 17.0 Å². The van der Waals surface area contributed by atoms with Crippen molar-refractivity contribution in [1.82, 2.24) is 0 Å². The summed E-state index contributed by atoms with van der Waals surface area (Å²) in [5.74, 6) is -0.0731. The van der Waals surface area contributed by atoms with Crippen molar-refractivity contribution in [1.29, 1.82) is 0 Å². The number of alkyl halides is 1. The maximum Gasteiger partial charge on any atom is 0.274 e. The number of aryl methyl sites for hydroxylation is 1. The molecule has 0 aliphatic rings. The standard InChI is InChI=1S/C10H10BrClN2O3/c1-6-4-7(11)8(5-9(6)14(16)17)13-10(15)2-3-12/h4-5H,2-3H2,1H3,(H,13,15). The average Bonchev–Trinajstić information content (AvgIpc) is 2.21. The topological polar surface area (TPSA) is 72.2 Å². The number of carbonyl (C=O) groups excluding carboxylic acids is 1. The van der Waals surface area contributed by atoms with Crippen molar-refractivity contribution in [3.8, 4) is 0 Å². The molecule has 0 aliphatic heterocycles. The molecule has 5 nitrogen and oxygen atoms in total. The molecule has 1 N–H and O–H groups in total. The van der Waals surface area contributed by atoms with Gasteiger partial charge in [-0.1, -0.05) is 0 Å². The van der Waals surface area contributed by atoms with Gasteiger partial charge in [-0.25, -0.2) is 0 Å². The first-order valence-corrected chi connectivity index (χ1v) is 6.08. The summed E-state index contributed by atoms with van der Waals surface area (Å²) in [4.78, 5) is 21.6. The number of amides is 1. The second-order valence-corrected chi connectivity index (χ2v) is 4.60. The molecule has 0 spiro atoms. The number of hydrogen-bond acceptors (Lipinski definition) is 3. The number of hydrogen-bond donors (Lipinski definition) is 1. The van der Waals surface area contributed by atoms with Crippen LogP contribution in [0.5, 0.6) is 0 Å². The zero-order chi connectivity index (χ0) is 13.0. The smallest absolute Gasteiger partial charge is 0.274 e. The van der Waals surface area contributed by atoms with Crippen LogP contribution in [0.3, 0.4) is 0 Å². The van der Waals surface area contributed by atoms with Crippen molar-refractivity contribution in [3.05, 3.63) is 32.3 Å². The number of anilines is 1. The van der Waals surface area contributed by atoms with E-state index in [2.05, 4.69) is 21.2 Å². The second kappa shape index (κ2) is 5.97.